The maximum Gasteiger partial charge on any atom is 0.264 e. The van der Waals surface area contributed by atoms with Crippen LogP contribution < -0.4 is 26.0 Å². The monoisotopic (exact) mass is 430 g/mol. The molecule has 2 rings (SSSR count). The van der Waals surface area contributed by atoms with Gasteiger partial charge in [-0.2, -0.15) is 0 Å². The second-order valence-corrected chi connectivity index (χ2v) is 7.14. The number of hydrogen-bond acceptors (Lipinski definition) is 5. The first-order chi connectivity index (χ1) is 13.7. The van der Waals surface area contributed by atoms with Crippen LogP contribution in [0, 0.1) is 13.8 Å². The zero-order valence-corrected chi connectivity index (χ0v) is 17.9. The minimum absolute atomic E-state index is 0.145. The highest BCUT2D eigenvalue weighted by atomic mass is 32.1. The van der Waals surface area contributed by atoms with E-state index in [-0.39, 0.29) is 28.6 Å². The molecule has 0 atom stereocenters. The fraction of sp³-hybridized carbons (Fsp3) is 0.200. The van der Waals surface area contributed by atoms with Crippen LogP contribution in [0.25, 0.3) is 0 Å². The Morgan fingerprint density at radius 3 is 1.83 bits per heavy atom. The Balaban J connectivity index is 1.79. The SMILES string of the molecule is CC(=O)NC(=S)Nc1ccc(NC(=S)NC(=O)COc2cc(C)cc(C)c2)cc1. The Labute approximate surface area is 180 Å². The lowest BCUT2D eigenvalue weighted by Crippen LogP contribution is -2.37. The molecule has 0 aliphatic heterocycles. The molecule has 0 heterocycles. The van der Waals surface area contributed by atoms with Crippen molar-refractivity contribution >= 4 is 57.8 Å². The van der Waals surface area contributed by atoms with Crippen LogP contribution in [0.5, 0.6) is 5.75 Å². The van der Waals surface area contributed by atoms with E-state index in [1.807, 2.05) is 32.0 Å². The van der Waals surface area contributed by atoms with E-state index in [9.17, 15) is 9.59 Å². The molecule has 2 aromatic carbocycles. The Kier molecular flexibility index (Phi) is 8.05. The van der Waals surface area contributed by atoms with Crippen LogP contribution in [-0.4, -0.2) is 28.6 Å². The highest BCUT2D eigenvalue weighted by Gasteiger charge is 2.07. The second-order valence-electron chi connectivity index (χ2n) is 6.33. The molecule has 0 unspecified atom stereocenters. The summed E-state index contributed by atoms with van der Waals surface area (Å²) < 4.78 is 5.51. The molecule has 9 heteroatoms. The average molecular weight is 431 g/mol. The van der Waals surface area contributed by atoms with Crippen LogP contribution in [0.2, 0.25) is 0 Å². The first kappa shape index (κ1) is 22.3. The van der Waals surface area contributed by atoms with Crippen molar-refractivity contribution in [3.63, 3.8) is 0 Å². The fourth-order valence-corrected chi connectivity index (χ4v) is 2.94. The summed E-state index contributed by atoms with van der Waals surface area (Å²) in [5.74, 6) is 0.0285. The molecule has 4 N–H and O–H groups in total. The molecule has 7 nitrogen and oxygen atoms in total. The zero-order valence-electron chi connectivity index (χ0n) is 16.3. The zero-order chi connectivity index (χ0) is 21.4. The summed E-state index contributed by atoms with van der Waals surface area (Å²) in [4.78, 5) is 23.0. The minimum atomic E-state index is -0.361. The second kappa shape index (κ2) is 10.5. The molecule has 0 fully saturated rings. The van der Waals surface area contributed by atoms with E-state index in [1.165, 1.54) is 6.92 Å². The maximum atomic E-state index is 12.0. The van der Waals surface area contributed by atoms with Crippen molar-refractivity contribution in [3.05, 3.63) is 53.6 Å². The summed E-state index contributed by atoms with van der Waals surface area (Å²) in [6, 6.07) is 12.8. The number of hydrogen-bond donors (Lipinski definition) is 4. The van der Waals surface area contributed by atoms with Crippen molar-refractivity contribution in [2.45, 2.75) is 20.8 Å². The predicted molar refractivity (Wildman–Crippen MR) is 122 cm³/mol. The van der Waals surface area contributed by atoms with E-state index in [0.717, 1.165) is 11.1 Å². The number of nitrogens with one attached hydrogen (secondary N) is 4. The van der Waals surface area contributed by atoms with Crippen molar-refractivity contribution in [2.24, 2.45) is 0 Å². The van der Waals surface area contributed by atoms with Crippen molar-refractivity contribution < 1.29 is 14.3 Å². The van der Waals surface area contributed by atoms with Crippen LogP contribution in [0.1, 0.15) is 18.1 Å². The molecule has 0 radical (unpaired) electrons. The summed E-state index contributed by atoms with van der Waals surface area (Å²) >= 11 is 10.2. The van der Waals surface area contributed by atoms with Crippen LogP contribution in [0.4, 0.5) is 11.4 Å². The van der Waals surface area contributed by atoms with Crippen LogP contribution in [0.15, 0.2) is 42.5 Å². The summed E-state index contributed by atoms with van der Waals surface area (Å²) in [5.41, 5.74) is 3.51. The summed E-state index contributed by atoms with van der Waals surface area (Å²) in [6.45, 7) is 5.16. The van der Waals surface area contributed by atoms with Gasteiger partial charge in [-0.05, 0) is 85.8 Å². The Hall–Kier alpha value is -3.04. The highest BCUT2D eigenvalue weighted by molar-refractivity contribution is 7.80. The summed E-state index contributed by atoms with van der Waals surface area (Å²) in [5, 5.41) is 11.2. The molecule has 152 valence electrons. The Bertz CT molecular complexity index is 910. The molecule has 0 aliphatic carbocycles. The van der Waals surface area contributed by atoms with E-state index in [0.29, 0.717) is 17.1 Å². The molecule has 0 aromatic heterocycles. The standard InChI is InChI=1S/C20H22N4O3S2/c1-12-8-13(2)10-17(9-12)27-11-18(26)24-20(29)23-16-6-4-15(5-7-16)22-19(28)21-14(3)25/h4-10H,11H2,1-3H3,(H2,21,22,25,28)(H2,23,24,26,29). The van der Waals surface area contributed by atoms with Gasteiger partial charge in [0.25, 0.3) is 5.91 Å². The molecule has 2 aromatic rings. The van der Waals surface area contributed by atoms with Gasteiger partial charge < -0.3 is 20.7 Å². The third-order valence-corrected chi connectivity index (χ3v) is 3.92. The topological polar surface area (TPSA) is 91.5 Å². The van der Waals surface area contributed by atoms with Gasteiger partial charge in [0, 0.05) is 18.3 Å². The number of carbonyl (C=O) groups excluding carboxylic acids is 2. The predicted octanol–water partition coefficient (Wildman–Crippen LogP) is 3.03. The number of rotatable bonds is 5. The van der Waals surface area contributed by atoms with Gasteiger partial charge in [0.15, 0.2) is 16.8 Å². The smallest absolute Gasteiger partial charge is 0.264 e. The lowest BCUT2D eigenvalue weighted by Gasteiger charge is -2.12. The number of thiocarbonyl (C=S) groups is 2. The number of carbonyl (C=O) groups is 2. The van der Waals surface area contributed by atoms with E-state index in [4.69, 9.17) is 29.2 Å². The van der Waals surface area contributed by atoms with E-state index in [2.05, 4.69) is 21.3 Å². The van der Waals surface area contributed by atoms with Crippen molar-refractivity contribution in [1.29, 1.82) is 0 Å². The minimum Gasteiger partial charge on any atom is -0.484 e. The first-order valence-electron chi connectivity index (χ1n) is 8.72. The first-order valence-corrected chi connectivity index (χ1v) is 9.53. The van der Waals surface area contributed by atoms with Crippen molar-refractivity contribution in [1.82, 2.24) is 10.6 Å². The van der Waals surface area contributed by atoms with E-state index < -0.39 is 0 Å². The number of anilines is 2. The van der Waals surface area contributed by atoms with Gasteiger partial charge in [-0.25, -0.2) is 0 Å². The Morgan fingerprint density at radius 1 is 0.862 bits per heavy atom. The lowest BCUT2D eigenvalue weighted by atomic mass is 10.1. The molecule has 0 saturated carbocycles. The molecule has 0 saturated heterocycles. The molecular weight excluding hydrogens is 408 g/mol. The van der Waals surface area contributed by atoms with Gasteiger partial charge in [-0.15, -0.1) is 0 Å². The van der Waals surface area contributed by atoms with Gasteiger partial charge in [0.05, 0.1) is 0 Å². The number of benzene rings is 2. The van der Waals surface area contributed by atoms with Crippen LogP contribution in [0.3, 0.4) is 0 Å². The normalized spacial score (nSPS) is 9.90. The van der Waals surface area contributed by atoms with Gasteiger partial charge in [0.1, 0.15) is 5.75 Å². The van der Waals surface area contributed by atoms with Crippen LogP contribution in [-0.2, 0) is 9.59 Å². The molecule has 0 spiro atoms. The molecule has 0 aliphatic rings. The van der Waals surface area contributed by atoms with E-state index >= 15 is 0 Å². The number of aryl methyl sites for hydroxylation is 2. The van der Waals surface area contributed by atoms with Gasteiger partial charge in [-0.1, -0.05) is 6.07 Å². The fourth-order valence-electron chi connectivity index (χ4n) is 2.45. The Morgan fingerprint density at radius 2 is 1.34 bits per heavy atom. The van der Waals surface area contributed by atoms with Gasteiger partial charge in [0.2, 0.25) is 5.91 Å². The molecule has 29 heavy (non-hydrogen) atoms. The quantitative estimate of drug-likeness (QED) is 0.542. The largest absolute Gasteiger partial charge is 0.484 e. The van der Waals surface area contributed by atoms with Crippen LogP contribution >= 0.6 is 24.4 Å². The van der Waals surface area contributed by atoms with Gasteiger partial charge in [-0.3, -0.25) is 14.9 Å². The van der Waals surface area contributed by atoms with Crippen molar-refractivity contribution in [2.75, 3.05) is 17.2 Å². The number of ether oxygens (including phenoxy) is 1. The van der Waals surface area contributed by atoms with Crippen molar-refractivity contribution in [3.8, 4) is 5.75 Å². The summed E-state index contributed by atoms with van der Waals surface area (Å²) in [7, 11) is 0. The lowest BCUT2D eigenvalue weighted by molar-refractivity contribution is -0.121. The van der Waals surface area contributed by atoms with Gasteiger partial charge >= 0.3 is 0 Å². The molecule has 2 amide bonds. The summed E-state index contributed by atoms with van der Waals surface area (Å²) in [6.07, 6.45) is 0. The van der Waals surface area contributed by atoms with E-state index in [1.54, 1.807) is 24.3 Å². The highest BCUT2D eigenvalue weighted by Crippen LogP contribution is 2.16. The molecular formula is C20H22N4O3S2. The average Bonchev–Trinajstić information content (AvgIpc) is 2.60. The third-order valence-electron chi connectivity index (χ3n) is 3.51. The maximum absolute atomic E-state index is 12.0. The number of amides is 2. The third kappa shape index (κ3) is 8.24. The molecule has 0 bridgehead atoms.